The second kappa shape index (κ2) is 13.9. The van der Waals surface area contributed by atoms with E-state index in [-0.39, 0.29) is 23.0 Å². The first-order valence-electron chi connectivity index (χ1n) is 13.1. The molecule has 0 radical (unpaired) electrons. The van der Waals surface area contributed by atoms with Crippen LogP contribution >= 0.6 is 0 Å². The van der Waals surface area contributed by atoms with Crippen molar-refractivity contribution in [2.24, 2.45) is 0 Å². The van der Waals surface area contributed by atoms with Gasteiger partial charge in [0, 0.05) is 13.1 Å². The lowest BCUT2D eigenvalue weighted by molar-refractivity contribution is -0.138. The Kier molecular flexibility index (Phi) is 10.6. The molecule has 3 aromatic rings. The molecule has 0 saturated heterocycles. The van der Waals surface area contributed by atoms with E-state index in [4.69, 9.17) is 0 Å². The number of benzene rings is 3. The topological polar surface area (TPSA) is 86.8 Å². The molecule has 3 aromatic carbocycles. The van der Waals surface area contributed by atoms with E-state index in [1.165, 1.54) is 29.2 Å². The van der Waals surface area contributed by atoms with E-state index in [1.54, 1.807) is 19.1 Å². The Morgan fingerprint density at radius 1 is 0.949 bits per heavy atom. The molecule has 39 heavy (non-hydrogen) atoms. The maximum Gasteiger partial charge on any atom is 0.264 e. The number of hydrogen-bond acceptors (Lipinski definition) is 4. The average molecular weight is 554 g/mol. The molecule has 0 heterocycles. The van der Waals surface area contributed by atoms with Crippen LogP contribution < -0.4 is 9.62 Å². The Balaban J connectivity index is 1.94. The first-order chi connectivity index (χ1) is 18.6. The van der Waals surface area contributed by atoms with Crippen LogP contribution in [0.2, 0.25) is 0 Å². The summed E-state index contributed by atoms with van der Waals surface area (Å²) in [5.41, 5.74) is 2.01. The van der Waals surface area contributed by atoms with Crippen LogP contribution in [0.25, 0.3) is 0 Å². The maximum absolute atomic E-state index is 13.8. The molecule has 208 valence electrons. The van der Waals surface area contributed by atoms with E-state index in [9.17, 15) is 22.4 Å². The normalized spacial score (nSPS) is 12.0. The Bertz CT molecular complexity index is 1330. The lowest BCUT2D eigenvalue weighted by Gasteiger charge is -2.32. The summed E-state index contributed by atoms with van der Waals surface area (Å²) in [6, 6.07) is 20.0. The van der Waals surface area contributed by atoms with Crippen molar-refractivity contribution in [3.8, 4) is 0 Å². The van der Waals surface area contributed by atoms with Crippen molar-refractivity contribution in [1.29, 1.82) is 0 Å². The van der Waals surface area contributed by atoms with Crippen molar-refractivity contribution in [3.05, 3.63) is 95.8 Å². The van der Waals surface area contributed by atoms with Gasteiger partial charge in [0.2, 0.25) is 11.8 Å². The number of nitrogens with zero attached hydrogens (tertiary/aromatic N) is 2. The molecule has 0 spiro atoms. The SMILES string of the molecule is CCCCNC(=O)C(C)N(CCc1ccccc1)C(=O)CN(c1ccc(F)cc1)S(=O)(=O)c1ccc(C)cc1. The molecule has 0 fully saturated rings. The van der Waals surface area contributed by atoms with Gasteiger partial charge in [-0.05, 0) is 68.7 Å². The predicted molar refractivity (Wildman–Crippen MR) is 151 cm³/mol. The van der Waals surface area contributed by atoms with E-state index in [1.807, 2.05) is 44.2 Å². The fraction of sp³-hybridized carbons (Fsp3) is 0.333. The molecule has 3 rings (SSSR count). The van der Waals surface area contributed by atoms with Gasteiger partial charge in [0.25, 0.3) is 10.0 Å². The average Bonchev–Trinajstić information content (AvgIpc) is 2.93. The summed E-state index contributed by atoms with van der Waals surface area (Å²) in [7, 11) is -4.18. The number of amides is 2. The smallest absolute Gasteiger partial charge is 0.264 e. The summed E-state index contributed by atoms with van der Waals surface area (Å²) in [6.45, 7) is 5.65. The number of unbranched alkanes of at least 4 members (excludes halogenated alkanes) is 1. The minimum Gasteiger partial charge on any atom is -0.354 e. The van der Waals surface area contributed by atoms with Gasteiger partial charge in [-0.2, -0.15) is 0 Å². The number of nitrogens with one attached hydrogen (secondary N) is 1. The number of anilines is 1. The van der Waals surface area contributed by atoms with Crippen LogP contribution in [0.3, 0.4) is 0 Å². The maximum atomic E-state index is 13.8. The summed E-state index contributed by atoms with van der Waals surface area (Å²) in [4.78, 5) is 28.1. The number of rotatable bonds is 13. The second-order valence-corrected chi connectivity index (χ2v) is 11.3. The van der Waals surface area contributed by atoms with Crippen LogP contribution in [0, 0.1) is 12.7 Å². The van der Waals surface area contributed by atoms with Crippen LogP contribution in [0.4, 0.5) is 10.1 Å². The van der Waals surface area contributed by atoms with E-state index in [0.29, 0.717) is 13.0 Å². The van der Waals surface area contributed by atoms with Crippen molar-refractivity contribution in [3.63, 3.8) is 0 Å². The number of aryl methyl sites for hydroxylation is 1. The Morgan fingerprint density at radius 2 is 1.59 bits per heavy atom. The minimum absolute atomic E-state index is 0.00594. The van der Waals surface area contributed by atoms with Gasteiger partial charge in [-0.3, -0.25) is 13.9 Å². The molecule has 2 amide bonds. The highest BCUT2D eigenvalue weighted by molar-refractivity contribution is 7.92. The van der Waals surface area contributed by atoms with Crippen LogP contribution in [0.1, 0.15) is 37.8 Å². The molecule has 1 N–H and O–H groups in total. The molecule has 0 aromatic heterocycles. The van der Waals surface area contributed by atoms with Crippen LogP contribution in [-0.4, -0.2) is 50.8 Å². The first-order valence-corrected chi connectivity index (χ1v) is 14.5. The van der Waals surface area contributed by atoms with Crippen molar-refractivity contribution in [2.75, 3.05) is 23.9 Å². The Morgan fingerprint density at radius 3 is 2.21 bits per heavy atom. The molecule has 0 aliphatic rings. The summed E-state index contributed by atoms with van der Waals surface area (Å²) < 4.78 is 42.1. The van der Waals surface area contributed by atoms with Gasteiger partial charge < -0.3 is 10.2 Å². The quantitative estimate of drug-likeness (QED) is 0.311. The third-order valence-corrected chi connectivity index (χ3v) is 8.27. The standard InChI is InChI=1S/C30H36FN3O4S/c1-4-5-20-32-30(36)24(3)33(21-19-25-9-7-6-8-10-25)29(35)22-34(27-15-13-26(31)14-16-27)39(37,38)28-17-11-23(2)12-18-28/h6-18,24H,4-5,19-22H2,1-3H3,(H,32,36). The molecule has 0 aliphatic carbocycles. The molecule has 1 atom stereocenters. The fourth-order valence-corrected chi connectivity index (χ4v) is 5.49. The third kappa shape index (κ3) is 8.13. The fourth-order valence-electron chi connectivity index (χ4n) is 4.08. The van der Waals surface area contributed by atoms with Crippen molar-refractivity contribution >= 4 is 27.5 Å². The molecular formula is C30H36FN3O4S. The number of hydrogen-bond donors (Lipinski definition) is 1. The zero-order valence-electron chi connectivity index (χ0n) is 22.6. The highest BCUT2D eigenvalue weighted by atomic mass is 32.2. The van der Waals surface area contributed by atoms with Gasteiger partial charge in [0.15, 0.2) is 0 Å². The van der Waals surface area contributed by atoms with E-state index in [2.05, 4.69) is 5.32 Å². The summed E-state index contributed by atoms with van der Waals surface area (Å²) in [5.74, 6) is -1.37. The predicted octanol–water partition coefficient (Wildman–Crippen LogP) is 4.71. The summed E-state index contributed by atoms with van der Waals surface area (Å²) in [6.07, 6.45) is 2.21. The Hall–Kier alpha value is -3.72. The van der Waals surface area contributed by atoms with Crippen molar-refractivity contribution in [1.82, 2.24) is 10.2 Å². The third-order valence-electron chi connectivity index (χ3n) is 6.48. The zero-order valence-corrected chi connectivity index (χ0v) is 23.5. The summed E-state index contributed by atoms with van der Waals surface area (Å²) in [5, 5.41) is 2.86. The van der Waals surface area contributed by atoms with E-state index in [0.717, 1.165) is 40.4 Å². The highest BCUT2D eigenvalue weighted by Crippen LogP contribution is 2.25. The zero-order chi connectivity index (χ0) is 28.4. The van der Waals surface area contributed by atoms with Crippen LogP contribution in [0.5, 0.6) is 0 Å². The van der Waals surface area contributed by atoms with E-state index < -0.39 is 34.3 Å². The molecule has 0 saturated carbocycles. The minimum atomic E-state index is -4.18. The molecule has 7 nitrogen and oxygen atoms in total. The monoisotopic (exact) mass is 553 g/mol. The van der Waals surface area contributed by atoms with E-state index >= 15 is 0 Å². The van der Waals surface area contributed by atoms with Crippen LogP contribution in [0.15, 0.2) is 83.8 Å². The highest BCUT2D eigenvalue weighted by Gasteiger charge is 2.32. The Labute approximate surface area is 230 Å². The van der Waals surface area contributed by atoms with Crippen LogP contribution in [-0.2, 0) is 26.0 Å². The number of carbonyl (C=O) groups excluding carboxylic acids is 2. The van der Waals surface area contributed by atoms with Crippen molar-refractivity contribution in [2.45, 2.75) is 51.0 Å². The van der Waals surface area contributed by atoms with Gasteiger partial charge in [0.05, 0.1) is 10.6 Å². The van der Waals surface area contributed by atoms with Gasteiger partial charge in [-0.25, -0.2) is 12.8 Å². The van der Waals surface area contributed by atoms with Gasteiger partial charge in [0.1, 0.15) is 18.4 Å². The lowest BCUT2D eigenvalue weighted by atomic mass is 10.1. The number of carbonyl (C=O) groups is 2. The largest absolute Gasteiger partial charge is 0.354 e. The molecular weight excluding hydrogens is 517 g/mol. The summed E-state index contributed by atoms with van der Waals surface area (Å²) >= 11 is 0. The number of halogens is 1. The first kappa shape index (κ1) is 29.8. The van der Waals surface area contributed by atoms with Crippen molar-refractivity contribution < 1.29 is 22.4 Å². The number of sulfonamides is 1. The van der Waals surface area contributed by atoms with Gasteiger partial charge >= 0.3 is 0 Å². The van der Waals surface area contributed by atoms with Gasteiger partial charge in [-0.1, -0.05) is 61.4 Å². The lowest BCUT2D eigenvalue weighted by Crippen LogP contribution is -2.52. The molecule has 0 aliphatic heterocycles. The molecule has 1 unspecified atom stereocenters. The molecule has 9 heteroatoms. The second-order valence-electron chi connectivity index (χ2n) is 9.44. The molecule has 0 bridgehead atoms. The van der Waals surface area contributed by atoms with Gasteiger partial charge in [-0.15, -0.1) is 0 Å².